The van der Waals surface area contributed by atoms with Gasteiger partial charge in [0.1, 0.15) is 0 Å². The van der Waals surface area contributed by atoms with Crippen LogP contribution in [0.5, 0.6) is 0 Å². The summed E-state index contributed by atoms with van der Waals surface area (Å²) >= 11 is 6.28. The van der Waals surface area contributed by atoms with E-state index in [0.717, 1.165) is 24.0 Å². The highest BCUT2D eigenvalue weighted by molar-refractivity contribution is 7.92. The van der Waals surface area contributed by atoms with E-state index in [1.165, 1.54) is 18.2 Å². The first-order valence-electron chi connectivity index (χ1n) is 11.1. The zero-order valence-corrected chi connectivity index (χ0v) is 20.3. The number of likely N-dealkylation sites (tertiary alicyclic amines) is 1. The Labute approximate surface area is 199 Å². The fourth-order valence-electron chi connectivity index (χ4n) is 3.92. The lowest BCUT2D eigenvalue weighted by Gasteiger charge is -2.31. The molecule has 4 rings (SSSR count). The molecule has 2 aromatic rings. The van der Waals surface area contributed by atoms with Crippen molar-refractivity contribution in [1.82, 2.24) is 10.2 Å². The SMILES string of the molecule is Cc1ccc(NS(=O)(=O)c2ccc(Cl)c(C(=O)N3CCC(C(=O)NC4CC4)CC3)c2)cc1C. The van der Waals surface area contributed by atoms with E-state index in [1.54, 1.807) is 17.0 Å². The highest BCUT2D eigenvalue weighted by atomic mass is 35.5. The Morgan fingerprint density at radius 1 is 0.970 bits per heavy atom. The average molecular weight is 490 g/mol. The van der Waals surface area contributed by atoms with Crippen LogP contribution in [0.25, 0.3) is 0 Å². The van der Waals surface area contributed by atoms with Crippen molar-refractivity contribution in [2.24, 2.45) is 5.92 Å². The number of halogens is 1. The summed E-state index contributed by atoms with van der Waals surface area (Å²) in [6.07, 6.45) is 3.24. The predicted molar refractivity (Wildman–Crippen MR) is 128 cm³/mol. The maximum atomic E-state index is 13.1. The number of hydrogen-bond donors (Lipinski definition) is 2. The number of sulfonamides is 1. The average Bonchev–Trinajstić information content (AvgIpc) is 3.60. The molecule has 1 heterocycles. The number of nitrogens with zero attached hydrogens (tertiary/aromatic N) is 1. The molecule has 9 heteroatoms. The molecule has 0 bridgehead atoms. The maximum Gasteiger partial charge on any atom is 0.261 e. The van der Waals surface area contributed by atoms with Crippen LogP contribution in [0.2, 0.25) is 5.02 Å². The van der Waals surface area contributed by atoms with Crippen LogP contribution in [0.3, 0.4) is 0 Å². The van der Waals surface area contributed by atoms with E-state index in [1.807, 2.05) is 19.9 Å². The van der Waals surface area contributed by atoms with E-state index in [0.29, 0.717) is 37.7 Å². The van der Waals surface area contributed by atoms with Crippen LogP contribution in [-0.4, -0.2) is 44.3 Å². The molecular weight excluding hydrogens is 462 g/mol. The molecule has 1 saturated carbocycles. The lowest BCUT2D eigenvalue weighted by atomic mass is 9.95. The van der Waals surface area contributed by atoms with Crippen LogP contribution in [0, 0.1) is 19.8 Å². The molecule has 0 spiro atoms. The summed E-state index contributed by atoms with van der Waals surface area (Å²) in [6, 6.07) is 9.76. The van der Waals surface area contributed by atoms with Gasteiger partial charge in [0.15, 0.2) is 0 Å². The van der Waals surface area contributed by atoms with E-state index < -0.39 is 10.0 Å². The number of carbonyl (C=O) groups is 2. The second-order valence-corrected chi connectivity index (χ2v) is 11.0. The molecule has 1 aliphatic carbocycles. The zero-order chi connectivity index (χ0) is 23.8. The normalized spacial score (nSPS) is 17.0. The summed E-state index contributed by atoms with van der Waals surface area (Å²) in [5.74, 6) is -0.364. The molecule has 176 valence electrons. The largest absolute Gasteiger partial charge is 0.353 e. The van der Waals surface area contributed by atoms with E-state index in [2.05, 4.69) is 10.0 Å². The summed E-state index contributed by atoms with van der Waals surface area (Å²) in [5, 5.41) is 3.22. The summed E-state index contributed by atoms with van der Waals surface area (Å²) in [4.78, 5) is 27.0. The number of anilines is 1. The Bertz CT molecular complexity index is 1190. The summed E-state index contributed by atoms with van der Waals surface area (Å²) < 4.78 is 28.5. The van der Waals surface area contributed by atoms with Crippen LogP contribution in [0.15, 0.2) is 41.3 Å². The first kappa shape index (κ1) is 23.6. The lowest BCUT2D eigenvalue weighted by molar-refractivity contribution is -0.126. The van der Waals surface area contributed by atoms with Crippen molar-refractivity contribution in [2.75, 3.05) is 17.8 Å². The van der Waals surface area contributed by atoms with Gasteiger partial charge in [0.25, 0.3) is 15.9 Å². The van der Waals surface area contributed by atoms with Gasteiger partial charge in [-0.25, -0.2) is 8.42 Å². The van der Waals surface area contributed by atoms with Gasteiger partial charge >= 0.3 is 0 Å². The minimum absolute atomic E-state index is 0.0350. The lowest BCUT2D eigenvalue weighted by Crippen LogP contribution is -2.43. The van der Waals surface area contributed by atoms with Crippen molar-refractivity contribution in [3.05, 3.63) is 58.1 Å². The topological polar surface area (TPSA) is 95.6 Å². The molecule has 2 fully saturated rings. The van der Waals surface area contributed by atoms with E-state index >= 15 is 0 Å². The molecule has 1 aliphatic heterocycles. The molecule has 0 unspecified atom stereocenters. The Morgan fingerprint density at radius 2 is 1.67 bits per heavy atom. The second kappa shape index (κ2) is 9.35. The van der Waals surface area contributed by atoms with Crippen LogP contribution in [-0.2, 0) is 14.8 Å². The number of hydrogen-bond acceptors (Lipinski definition) is 4. The summed E-state index contributed by atoms with van der Waals surface area (Å²) in [7, 11) is -3.90. The van der Waals surface area contributed by atoms with Crippen molar-refractivity contribution in [1.29, 1.82) is 0 Å². The number of carbonyl (C=O) groups excluding carboxylic acids is 2. The Morgan fingerprint density at radius 3 is 2.30 bits per heavy atom. The minimum atomic E-state index is -3.90. The molecule has 0 aromatic heterocycles. The standard InChI is InChI=1S/C24H28ClN3O4S/c1-15-3-4-19(13-16(15)2)27-33(31,32)20-7-8-22(25)21(14-20)24(30)28-11-9-17(10-12-28)23(29)26-18-5-6-18/h3-4,7-8,13-14,17-18,27H,5-6,9-12H2,1-2H3,(H,26,29). The third-order valence-electron chi connectivity index (χ3n) is 6.31. The first-order valence-corrected chi connectivity index (χ1v) is 13.0. The molecule has 2 amide bonds. The second-order valence-electron chi connectivity index (χ2n) is 8.90. The van der Waals surface area contributed by atoms with Crippen LogP contribution >= 0.6 is 11.6 Å². The summed E-state index contributed by atoms with van der Waals surface area (Å²) in [6.45, 7) is 4.71. The Hall–Kier alpha value is -2.58. The quantitative estimate of drug-likeness (QED) is 0.643. The van der Waals surface area contributed by atoms with Crippen molar-refractivity contribution in [3.63, 3.8) is 0 Å². The third-order valence-corrected chi connectivity index (χ3v) is 8.02. The van der Waals surface area contributed by atoms with Gasteiger partial charge < -0.3 is 10.2 Å². The van der Waals surface area contributed by atoms with E-state index in [9.17, 15) is 18.0 Å². The third kappa shape index (κ3) is 5.50. The van der Waals surface area contributed by atoms with Gasteiger partial charge in [-0.15, -0.1) is 0 Å². The van der Waals surface area contributed by atoms with Gasteiger partial charge in [-0.2, -0.15) is 0 Å². The van der Waals surface area contributed by atoms with Crippen LogP contribution < -0.4 is 10.0 Å². The van der Waals surface area contributed by atoms with E-state index in [-0.39, 0.29) is 33.2 Å². The monoisotopic (exact) mass is 489 g/mol. The van der Waals surface area contributed by atoms with Crippen molar-refractivity contribution < 1.29 is 18.0 Å². The molecular formula is C24H28ClN3O4S. The molecule has 7 nitrogen and oxygen atoms in total. The minimum Gasteiger partial charge on any atom is -0.353 e. The number of amides is 2. The van der Waals surface area contributed by atoms with Gasteiger partial charge in [-0.3, -0.25) is 14.3 Å². The molecule has 0 atom stereocenters. The van der Waals surface area contributed by atoms with Gasteiger partial charge in [0.05, 0.1) is 15.5 Å². The van der Waals surface area contributed by atoms with Gasteiger partial charge in [0, 0.05) is 30.7 Å². The number of benzene rings is 2. The maximum absolute atomic E-state index is 13.1. The molecule has 1 saturated heterocycles. The Kier molecular flexibility index (Phi) is 6.68. The number of piperidine rings is 1. The molecule has 2 aliphatic rings. The number of rotatable bonds is 6. The number of nitrogens with one attached hydrogen (secondary N) is 2. The van der Waals surface area contributed by atoms with E-state index in [4.69, 9.17) is 11.6 Å². The van der Waals surface area contributed by atoms with Crippen molar-refractivity contribution in [2.45, 2.75) is 50.5 Å². The summed E-state index contributed by atoms with van der Waals surface area (Å²) in [5.41, 5.74) is 2.62. The highest BCUT2D eigenvalue weighted by Gasteiger charge is 2.32. The predicted octanol–water partition coefficient (Wildman–Crippen LogP) is 3.89. The molecule has 0 radical (unpaired) electrons. The van der Waals surface area contributed by atoms with Gasteiger partial charge in [-0.05, 0) is 81.0 Å². The Balaban J connectivity index is 1.46. The fraction of sp³-hybridized carbons (Fsp3) is 0.417. The number of aryl methyl sites for hydroxylation is 2. The molecule has 2 aromatic carbocycles. The van der Waals surface area contributed by atoms with Crippen molar-refractivity contribution >= 4 is 39.1 Å². The van der Waals surface area contributed by atoms with Crippen molar-refractivity contribution in [3.8, 4) is 0 Å². The zero-order valence-electron chi connectivity index (χ0n) is 18.7. The first-order chi connectivity index (χ1) is 15.6. The smallest absolute Gasteiger partial charge is 0.261 e. The van der Waals surface area contributed by atoms with Crippen LogP contribution in [0.4, 0.5) is 5.69 Å². The van der Waals surface area contributed by atoms with Gasteiger partial charge in [0.2, 0.25) is 5.91 Å². The molecule has 2 N–H and O–H groups in total. The van der Waals surface area contributed by atoms with Crippen LogP contribution in [0.1, 0.15) is 47.2 Å². The fourth-order valence-corrected chi connectivity index (χ4v) is 5.19. The molecule has 33 heavy (non-hydrogen) atoms. The van der Waals surface area contributed by atoms with Gasteiger partial charge in [-0.1, -0.05) is 17.7 Å². The highest BCUT2D eigenvalue weighted by Crippen LogP contribution is 2.27.